The Morgan fingerprint density at radius 2 is 1.49 bits per heavy atom. The highest BCUT2D eigenvalue weighted by Crippen LogP contribution is 2.57. The van der Waals surface area contributed by atoms with Gasteiger partial charge in [-0.25, -0.2) is 12.8 Å². The number of hydrogen-bond acceptors (Lipinski definition) is 4. The quantitative estimate of drug-likeness (QED) is 0.339. The lowest BCUT2D eigenvalue weighted by molar-refractivity contribution is -0.348. The van der Waals surface area contributed by atoms with E-state index in [2.05, 4.69) is 0 Å². The third-order valence-electron chi connectivity index (χ3n) is 9.88. The molecule has 2 fully saturated rings. The van der Waals surface area contributed by atoms with Crippen LogP contribution in [0.1, 0.15) is 62.1 Å². The molecule has 0 bridgehead atoms. The van der Waals surface area contributed by atoms with E-state index in [1.54, 1.807) is 6.92 Å². The van der Waals surface area contributed by atoms with Crippen molar-refractivity contribution < 1.29 is 53.8 Å². The van der Waals surface area contributed by atoms with E-state index < -0.39 is 67.4 Å². The van der Waals surface area contributed by atoms with Crippen LogP contribution < -0.4 is 0 Å². The number of benzene rings is 2. The van der Waals surface area contributed by atoms with E-state index in [1.165, 1.54) is 29.2 Å². The average molecular weight is 684 g/mol. The van der Waals surface area contributed by atoms with Crippen LogP contribution in [0.2, 0.25) is 5.02 Å². The maximum Gasteiger partial charge on any atom is 0.435 e. The number of alkyl halides is 7. The number of carboxylic acid groups (broad SMARTS) is 1. The number of halogens is 8. The summed E-state index contributed by atoms with van der Waals surface area (Å²) in [5.74, 6) is -2.00. The van der Waals surface area contributed by atoms with Crippen molar-refractivity contribution in [1.82, 2.24) is 4.90 Å². The van der Waals surface area contributed by atoms with Crippen LogP contribution >= 0.6 is 11.6 Å². The average Bonchev–Trinajstić information content (AvgIpc) is 3.37. The zero-order chi connectivity index (χ0) is 33.4. The molecule has 6 nitrogen and oxygen atoms in total. The highest BCUT2D eigenvalue weighted by molar-refractivity contribution is 7.92. The van der Waals surface area contributed by atoms with Crippen molar-refractivity contribution >= 4 is 33.3 Å². The smallest absolute Gasteiger partial charge is 0.435 e. The van der Waals surface area contributed by atoms with Crippen molar-refractivity contribution in [3.05, 3.63) is 64.2 Å². The number of carbonyl (C=O) groups is 2. The van der Waals surface area contributed by atoms with Gasteiger partial charge >= 0.3 is 24.0 Å². The zero-order valence-electron chi connectivity index (χ0n) is 23.8. The molecule has 5 rings (SSSR count). The largest absolute Gasteiger partial charge is 0.481 e. The monoisotopic (exact) mass is 683 g/mol. The van der Waals surface area contributed by atoms with E-state index in [-0.39, 0.29) is 72.5 Å². The van der Waals surface area contributed by atoms with Crippen LogP contribution in [-0.4, -0.2) is 55.2 Å². The first-order valence-electron chi connectivity index (χ1n) is 14.2. The molecule has 2 unspecified atom stereocenters. The van der Waals surface area contributed by atoms with E-state index >= 15 is 4.39 Å². The molecule has 2 aromatic carbocycles. The number of aryl methyl sites for hydroxylation is 1. The van der Waals surface area contributed by atoms with Gasteiger partial charge in [0, 0.05) is 22.5 Å². The second-order valence-corrected chi connectivity index (χ2v) is 15.0. The van der Waals surface area contributed by atoms with Crippen molar-refractivity contribution in [2.24, 2.45) is 11.3 Å². The number of nitrogens with zero attached hydrogens (tertiary/aromatic N) is 1. The molecule has 2 atom stereocenters. The summed E-state index contributed by atoms with van der Waals surface area (Å²) in [4.78, 5) is 26.8. The van der Waals surface area contributed by atoms with Crippen LogP contribution in [0, 0.1) is 11.3 Å². The Kier molecular flexibility index (Phi) is 8.08. The van der Waals surface area contributed by atoms with Crippen molar-refractivity contribution in [1.29, 1.82) is 0 Å². The number of fused-ring (bicyclic) bond motifs is 3. The van der Waals surface area contributed by atoms with Crippen LogP contribution in [0.15, 0.2) is 47.4 Å². The molecule has 3 aliphatic rings. The van der Waals surface area contributed by atoms with Gasteiger partial charge in [-0.2, -0.15) is 26.3 Å². The molecular formula is C30H29ClF7NO5S. The summed E-state index contributed by atoms with van der Waals surface area (Å²) in [5.41, 5.74) is -8.72. The fourth-order valence-corrected chi connectivity index (χ4v) is 9.85. The molecule has 0 radical (unpaired) electrons. The van der Waals surface area contributed by atoms with E-state index in [9.17, 15) is 49.5 Å². The van der Waals surface area contributed by atoms with Gasteiger partial charge in [0.25, 0.3) is 0 Å². The van der Waals surface area contributed by atoms with Gasteiger partial charge in [0.15, 0.2) is 9.84 Å². The Morgan fingerprint density at radius 1 is 0.911 bits per heavy atom. The minimum atomic E-state index is -6.35. The normalized spacial score (nSPS) is 27.5. The fraction of sp³-hybridized carbons (Fsp3) is 0.533. The Balaban J connectivity index is 1.64. The highest BCUT2D eigenvalue weighted by atomic mass is 35.5. The van der Waals surface area contributed by atoms with E-state index in [4.69, 9.17) is 11.6 Å². The molecule has 15 heteroatoms. The van der Waals surface area contributed by atoms with Gasteiger partial charge in [0.2, 0.25) is 5.91 Å². The molecule has 45 heavy (non-hydrogen) atoms. The Morgan fingerprint density at radius 3 is 2.02 bits per heavy atom. The molecule has 0 spiro atoms. The topological polar surface area (TPSA) is 91.8 Å². The minimum Gasteiger partial charge on any atom is -0.481 e. The van der Waals surface area contributed by atoms with Gasteiger partial charge in [-0.1, -0.05) is 36.7 Å². The lowest BCUT2D eigenvalue weighted by atomic mass is 9.70. The lowest BCUT2D eigenvalue weighted by Crippen LogP contribution is -2.55. The number of sulfone groups is 1. The zero-order valence-corrected chi connectivity index (χ0v) is 25.4. The fourth-order valence-electron chi connectivity index (χ4n) is 7.36. The van der Waals surface area contributed by atoms with Gasteiger partial charge in [-0.05, 0) is 80.3 Å². The molecule has 246 valence electrons. The molecule has 2 aromatic rings. The maximum atomic E-state index is 15.0. The molecule has 1 amide bonds. The van der Waals surface area contributed by atoms with Gasteiger partial charge in [-0.3, -0.25) is 9.59 Å². The standard InChI is InChI=1S/C30H29ClF7NO5S/c1-26(12-10-17(11-13-26)24(40)41)25(42)39-15-14-27(45(43,44)21-6-4-20(31)5-7-21)22-8-3-19(16-18(22)2-9-23(27)39)28(32,29(33,34)35)30(36,37)38/h3-8,16-17,23H,2,9-15H2,1H3,(H,40,41). The summed E-state index contributed by atoms with van der Waals surface area (Å²) in [7, 11) is -4.50. The third kappa shape index (κ3) is 5.01. The summed E-state index contributed by atoms with van der Waals surface area (Å²) in [6.45, 7) is 1.59. The number of carboxylic acids is 1. The van der Waals surface area contributed by atoms with E-state index in [0.29, 0.717) is 12.1 Å². The van der Waals surface area contributed by atoms with E-state index in [1.807, 2.05) is 0 Å². The number of hydrogen-bond donors (Lipinski definition) is 1. The Bertz CT molecular complexity index is 1600. The first-order chi connectivity index (χ1) is 20.7. The maximum absolute atomic E-state index is 15.0. The predicted molar refractivity (Wildman–Crippen MR) is 148 cm³/mol. The van der Waals surface area contributed by atoms with Crippen LogP contribution in [0.4, 0.5) is 30.7 Å². The van der Waals surface area contributed by atoms with Crippen molar-refractivity contribution in [3.63, 3.8) is 0 Å². The van der Waals surface area contributed by atoms with E-state index in [0.717, 1.165) is 6.07 Å². The molecule has 1 heterocycles. The van der Waals surface area contributed by atoms with Crippen LogP contribution in [-0.2, 0) is 36.3 Å². The molecule has 1 N–H and O–H groups in total. The molecular weight excluding hydrogens is 655 g/mol. The summed E-state index contributed by atoms with van der Waals surface area (Å²) < 4.78 is 124. The van der Waals surface area contributed by atoms with Crippen molar-refractivity contribution in [2.45, 2.75) is 85.6 Å². The molecule has 1 saturated carbocycles. The lowest BCUT2D eigenvalue weighted by Gasteiger charge is -2.45. The number of amides is 1. The summed E-state index contributed by atoms with van der Waals surface area (Å²) in [6.07, 6.45) is -12.4. The number of likely N-dealkylation sites (tertiary alicyclic amines) is 1. The Hall–Kier alpha value is -2.87. The molecule has 1 aliphatic heterocycles. The molecule has 2 aliphatic carbocycles. The van der Waals surface area contributed by atoms with Gasteiger partial charge in [0.05, 0.1) is 16.9 Å². The third-order valence-corrected chi connectivity index (χ3v) is 12.7. The number of rotatable bonds is 5. The second kappa shape index (κ2) is 10.9. The van der Waals surface area contributed by atoms with Crippen LogP contribution in [0.25, 0.3) is 0 Å². The first-order valence-corrected chi connectivity index (χ1v) is 16.1. The SMILES string of the molecule is CC1(C(=O)N2CCC3(S(=O)(=O)c4ccc(Cl)cc4)c4ccc(C(F)(C(F)(F)F)C(F)(F)F)cc4CCC23)CCC(C(=O)O)CC1. The van der Waals surface area contributed by atoms with Gasteiger partial charge in [0.1, 0.15) is 4.75 Å². The van der Waals surface area contributed by atoms with Crippen LogP contribution in [0.5, 0.6) is 0 Å². The van der Waals surface area contributed by atoms with Gasteiger partial charge < -0.3 is 10.0 Å². The minimum absolute atomic E-state index is 0.0897. The first kappa shape index (κ1) is 33.5. The second-order valence-electron chi connectivity index (χ2n) is 12.3. The predicted octanol–water partition coefficient (Wildman–Crippen LogP) is 7.13. The Labute approximate surface area is 259 Å². The van der Waals surface area contributed by atoms with Gasteiger partial charge in [-0.15, -0.1) is 0 Å². The number of carbonyl (C=O) groups excluding carboxylic acids is 1. The summed E-state index contributed by atoms with van der Waals surface area (Å²) in [5, 5.41) is 9.61. The van der Waals surface area contributed by atoms with Crippen molar-refractivity contribution in [3.8, 4) is 0 Å². The summed E-state index contributed by atoms with van der Waals surface area (Å²) in [6, 6.07) is 5.59. The highest BCUT2D eigenvalue weighted by Gasteiger charge is 2.74. The van der Waals surface area contributed by atoms with Crippen molar-refractivity contribution in [2.75, 3.05) is 6.54 Å². The van der Waals surface area contributed by atoms with Crippen LogP contribution in [0.3, 0.4) is 0 Å². The molecule has 1 saturated heterocycles. The number of aliphatic carboxylic acids is 1. The summed E-state index contributed by atoms with van der Waals surface area (Å²) >= 11 is 5.96. The molecule has 0 aromatic heterocycles.